The van der Waals surface area contributed by atoms with E-state index < -0.39 is 30.5 Å². The molecule has 1 fully saturated rings. The monoisotopic (exact) mass is 644 g/mol. The molecular weight excluding hydrogens is 600 g/mol. The predicted octanol–water partition coefficient (Wildman–Crippen LogP) is 8.42. The van der Waals surface area contributed by atoms with Crippen LogP contribution in [0, 0.1) is 6.92 Å². The van der Waals surface area contributed by atoms with E-state index in [0.717, 1.165) is 39.1 Å². The van der Waals surface area contributed by atoms with E-state index in [0.29, 0.717) is 33.0 Å². The first kappa shape index (κ1) is 33.6. The van der Waals surface area contributed by atoms with Gasteiger partial charge < -0.3 is 28.4 Å². The molecule has 0 aromatic heterocycles. The number of aryl methyl sites for hydroxylation is 1. The van der Waals surface area contributed by atoms with Crippen molar-refractivity contribution in [2.75, 3.05) is 13.7 Å². The van der Waals surface area contributed by atoms with Crippen LogP contribution in [0.1, 0.15) is 39.5 Å². The number of ether oxygens (including phenoxy) is 6. The summed E-state index contributed by atoms with van der Waals surface area (Å²) in [5, 5.41) is 0. The van der Waals surface area contributed by atoms with Gasteiger partial charge in [-0.15, -0.1) is 0 Å². The van der Waals surface area contributed by atoms with Crippen molar-refractivity contribution in [3.8, 4) is 5.75 Å². The number of benzene rings is 5. The van der Waals surface area contributed by atoms with E-state index in [1.165, 1.54) is 0 Å². The van der Waals surface area contributed by atoms with Crippen molar-refractivity contribution in [2.24, 2.45) is 0 Å². The average Bonchev–Trinajstić information content (AvgIpc) is 3.14. The lowest BCUT2D eigenvalue weighted by atomic mass is 9.88. The number of methoxy groups -OCH3 is 1. The molecule has 1 heterocycles. The molecule has 0 aliphatic carbocycles. The molecule has 1 aliphatic heterocycles. The zero-order valence-electron chi connectivity index (χ0n) is 27.7. The van der Waals surface area contributed by atoms with E-state index in [1.807, 2.05) is 84.9 Å². The summed E-state index contributed by atoms with van der Waals surface area (Å²) in [6.07, 6.45) is -2.36. The lowest BCUT2D eigenvalue weighted by molar-refractivity contribution is -0.275. The topological polar surface area (TPSA) is 55.4 Å². The Morgan fingerprint density at radius 1 is 0.521 bits per heavy atom. The molecule has 5 unspecified atom stereocenters. The Bertz CT molecular complexity index is 1650. The highest BCUT2D eigenvalue weighted by Gasteiger charge is 2.49. The van der Waals surface area contributed by atoms with Gasteiger partial charge in [-0.1, -0.05) is 127 Å². The third-order valence-electron chi connectivity index (χ3n) is 8.67. The Balaban J connectivity index is 1.36. The van der Waals surface area contributed by atoms with Gasteiger partial charge in [0, 0.05) is 0 Å². The summed E-state index contributed by atoms with van der Waals surface area (Å²) >= 11 is 0. The summed E-state index contributed by atoms with van der Waals surface area (Å²) in [5.74, 6) is 0.789. The Morgan fingerprint density at radius 2 is 0.979 bits per heavy atom. The molecule has 0 N–H and O–H groups in total. The molecule has 0 amide bonds. The first-order chi connectivity index (χ1) is 23.7. The number of hydrogen-bond donors (Lipinski definition) is 0. The zero-order valence-corrected chi connectivity index (χ0v) is 27.7. The Hall–Kier alpha value is -4.30. The molecule has 1 aliphatic rings. The normalized spacial score (nSPS) is 20.8. The Morgan fingerprint density at radius 3 is 1.46 bits per heavy atom. The average molecular weight is 645 g/mol. The van der Waals surface area contributed by atoms with Crippen molar-refractivity contribution in [1.29, 1.82) is 0 Å². The van der Waals surface area contributed by atoms with E-state index in [-0.39, 0.29) is 0 Å². The smallest absolute Gasteiger partial charge is 0.119 e. The molecule has 6 heteroatoms. The minimum Gasteiger partial charge on any atom is -0.497 e. The maximum absolute atomic E-state index is 7.05. The van der Waals surface area contributed by atoms with Gasteiger partial charge in [0.25, 0.3) is 0 Å². The first-order valence-electron chi connectivity index (χ1n) is 16.6. The van der Waals surface area contributed by atoms with Crippen molar-refractivity contribution in [3.63, 3.8) is 0 Å². The van der Waals surface area contributed by atoms with Crippen molar-refractivity contribution in [3.05, 3.63) is 173 Å². The van der Waals surface area contributed by atoms with E-state index in [1.54, 1.807) is 7.11 Å². The van der Waals surface area contributed by atoms with Crippen LogP contribution in [-0.2, 0) is 50.1 Å². The van der Waals surface area contributed by atoms with Gasteiger partial charge in [-0.25, -0.2) is 0 Å². The van der Waals surface area contributed by atoms with Crippen LogP contribution in [0.2, 0.25) is 0 Å². The molecule has 1 saturated heterocycles. The van der Waals surface area contributed by atoms with Gasteiger partial charge in [0.2, 0.25) is 0 Å². The summed E-state index contributed by atoms with van der Waals surface area (Å²) in [4.78, 5) is 0. The van der Waals surface area contributed by atoms with E-state index >= 15 is 0 Å². The lowest BCUT2D eigenvalue weighted by Gasteiger charge is -2.46. The molecule has 5 atom stereocenters. The Kier molecular flexibility index (Phi) is 12.0. The van der Waals surface area contributed by atoms with Crippen LogP contribution in [0.5, 0.6) is 5.75 Å². The second-order valence-corrected chi connectivity index (χ2v) is 12.1. The van der Waals surface area contributed by atoms with Gasteiger partial charge in [-0.05, 0) is 52.4 Å². The maximum Gasteiger partial charge on any atom is 0.119 e. The molecule has 0 saturated carbocycles. The second kappa shape index (κ2) is 17.2. The number of rotatable bonds is 15. The van der Waals surface area contributed by atoms with Crippen LogP contribution in [0.4, 0.5) is 0 Å². The number of hydrogen-bond acceptors (Lipinski definition) is 6. The molecule has 5 aromatic rings. The van der Waals surface area contributed by atoms with Crippen LogP contribution < -0.4 is 4.74 Å². The zero-order chi connectivity index (χ0) is 33.0. The second-order valence-electron chi connectivity index (χ2n) is 12.1. The van der Waals surface area contributed by atoms with Gasteiger partial charge in [0.15, 0.2) is 0 Å². The summed E-state index contributed by atoms with van der Waals surface area (Å²) in [6.45, 7) is 4.04. The van der Waals surface area contributed by atoms with Gasteiger partial charge in [0.1, 0.15) is 36.3 Å². The maximum atomic E-state index is 7.05. The fraction of sp³-hybridized carbons (Fsp3) is 0.286. The van der Waals surface area contributed by atoms with Gasteiger partial charge in [-0.2, -0.15) is 0 Å². The van der Waals surface area contributed by atoms with Crippen LogP contribution in [0.15, 0.2) is 140 Å². The minimum absolute atomic E-state index is 0.316. The molecule has 248 valence electrons. The predicted molar refractivity (Wildman–Crippen MR) is 186 cm³/mol. The fourth-order valence-electron chi connectivity index (χ4n) is 6.13. The molecule has 6 rings (SSSR count). The highest BCUT2D eigenvalue weighted by molar-refractivity contribution is 5.37. The molecule has 0 spiro atoms. The Labute approximate surface area is 284 Å². The van der Waals surface area contributed by atoms with Gasteiger partial charge >= 0.3 is 0 Å². The molecule has 0 bridgehead atoms. The van der Waals surface area contributed by atoms with Crippen molar-refractivity contribution in [1.82, 2.24) is 0 Å². The van der Waals surface area contributed by atoms with Crippen molar-refractivity contribution >= 4 is 0 Å². The van der Waals surface area contributed by atoms with Crippen LogP contribution in [-0.4, -0.2) is 38.1 Å². The fourth-order valence-corrected chi connectivity index (χ4v) is 6.13. The highest BCUT2D eigenvalue weighted by atomic mass is 16.6. The summed E-state index contributed by atoms with van der Waals surface area (Å²) in [6, 6.07) is 46.8. The molecular formula is C42H44O6. The molecule has 48 heavy (non-hydrogen) atoms. The van der Waals surface area contributed by atoms with Crippen LogP contribution >= 0.6 is 0 Å². The van der Waals surface area contributed by atoms with Crippen molar-refractivity contribution in [2.45, 2.75) is 63.9 Å². The molecule has 6 nitrogen and oxygen atoms in total. The summed E-state index contributed by atoms with van der Waals surface area (Å²) in [7, 11) is 1.68. The van der Waals surface area contributed by atoms with E-state index in [9.17, 15) is 0 Å². The van der Waals surface area contributed by atoms with E-state index in [2.05, 4.69) is 61.5 Å². The van der Waals surface area contributed by atoms with E-state index in [4.69, 9.17) is 28.4 Å². The standard InChI is InChI=1S/C42H44O6/c1-31-25-36(43-2)23-24-37(31)39-41(46-28-34-19-11-5-12-20-34)42(47-29-35-21-13-6-14-22-35)40(45-27-33-17-9-4-10-18-33)38(48-39)30-44-26-32-15-7-3-8-16-32/h3-25,38-42H,26-30H2,1-2H3. The van der Waals surface area contributed by atoms with Gasteiger partial charge in [0.05, 0.1) is 40.1 Å². The third kappa shape index (κ3) is 8.98. The third-order valence-corrected chi connectivity index (χ3v) is 8.67. The van der Waals surface area contributed by atoms with Crippen LogP contribution in [0.3, 0.4) is 0 Å². The van der Waals surface area contributed by atoms with Gasteiger partial charge in [-0.3, -0.25) is 0 Å². The largest absolute Gasteiger partial charge is 0.497 e. The quantitative estimate of drug-likeness (QED) is 0.114. The highest BCUT2D eigenvalue weighted by Crippen LogP contribution is 2.40. The molecule has 0 radical (unpaired) electrons. The SMILES string of the molecule is COc1ccc(C2OC(COCc3ccccc3)C(OCc3ccccc3)C(OCc3ccccc3)C2OCc2ccccc2)c(C)c1. The molecule has 5 aromatic carbocycles. The lowest BCUT2D eigenvalue weighted by Crippen LogP contribution is -2.58. The van der Waals surface area contributed by atoms with Crippen molar-refractivity contribution < 1.29 is 28.4 Å². The summed E-state index contributed by atoms with van der Waals surface area (Å²) in [5.41, 5.74) is 6.36. The first-order valence-corrected chi connectivity index (χ1v) is 16.6. The van der Waals surface area contributed by atoms with Crippen LogP contribution in [0.25, 0.3) is 0 Å². The summed E-state index contributed by atoms with van der Waals surface area (Å²) < 4.78 is 39.5. The minimum atomic E-state index is -0.493.